The summed E-state index contributed by atoms with van der Waals surface area (Å²) in [5.74, 6) is 0.983. The fraction of sp³-hybridized carbons (Fsp3) is 0.400. The lowest BCUT2D eigenvalue weighted by Crippen LogP contribution is -2.19. The molecular formula is C20H23NO5. The zero-order valence-electron chi connectivity index (χ0n) is 15.5. The van der Waals surface area contributed by atoms with Crippen LogP contribution in [-0.2, 0) is 11.2 Å². The summed E-state index contributed by atoms with van der Waals surface area (Å²) in [5, 5.41) is 0. The van der Waals surface area contributed by atoms with Gasteiger partial charge in [-0.05, 0) is 44.0 Å². The van der Waals surface area contributed by atoms with Gasteiger partial charge in [0, 0.05) is 29.2 Å². The van der Waals surface area contributed by atoms with Gasteiger partial charge in [0.1, 0.15) is 17.2 Å². The number of hydrogen-bond acceptors (Lipinski definition) is 5. The first kappa shape index (κ1) is 18.0. The van der Waals surface area contributed by atoms with Crippen LogP contribution in [0.4, 0.5) is 0 Å². The van der Waals surface area contributed by atoms with Crippen LogP contribution in [0, 0.1) is 6.92 Å². The van der Waals surface area contributed by atoms with Gasteiger partial charge in [-0.15, -0.1) is 0 Å². The van der Waals surface area contributed by atoms with Gasteiger partial charge in [-0.1, -0.05) is 0 Å². The number of esters is 1. The average molecular weight is 357 g/mol. The van der Waals surface area contributed by atoms with Crippen molar-refractivity contribution >= 4 is 11.8 Å². The van der Waals surface area contributed by atoms with E-state index in [9.17, 15) is 9.59 Å². The van der Waals surface area contributed by atoms with Gasteiger partial charge >= 0.3 is 5.97 Å². The molecule has 0 fully saturated rings. The van der Waals surface area contributed by atoms with Crippen LogP contribution >= 0.6 is 0 Å². The number of ether oxygens (including phenoxy) is 3. The number of aromatic nitrogens is 1. The van der Waals surface area contributed by atoms with Gasteiger partial charge in [0.2, 0.25) is 0 Å². The maximum absolute atomic E-state index is 12.8. The topological polar surface area (TPSA) is 77.6 Å². The predicted octanol–water partition coefficient (Wildman–Crippen LogP) is 3.43. The summed E-state index contributed by atoms with van der Waals surface area (Å²) in [6, 6.07) is 5.58. The molecule has 1 aliphatic rings. The summed E-state index contributed by atoms with van der Waals surface area (Å²) in [5.41, 5.74) is 3.35. The van der Waals surface area contributed by atoms with Gasteiger partial charge in [-0.25, -0.2) is 4.79 Å². The fourth-order valence-corrected chi connectivity index (χ4v) is 3.62. The van der Waals surface area contributed by atoms with E-state index in [-0.39, 0.29) is 11.7 Å². The Morgan fingerprint density at radius 1 is 1.23 bits per heavy atom. The minimum atomic E-state index is -0.428. The Hall–Kier alpha value is -2.76. The zero-order valence-corrected chi connectivity index (χ0v) is 15.5. The second kappa shape index (κ2) is 7.23. The van der Waals surface area contributed by atoms with E-state index in [4.69, 9.17) is 14.2 Å². The Kier molecular flexibility index (Phi) is 5.02. The second-order valence-electron chi connectivity index (χ2n) is 6.34. The molecule has 3 rings (SSSR count). The molecule has 0 bridgehead atoms. The largest absolute Gasteiger partial charge is 0.497 e. The summed E-state index contributed by atoms with van der Waals surface area (Å²) >= 11 is 0. The van der Waals surface area contributed by atoms with Gasteiger partial charge < -0.3 is 19.2 Å². The Morgan fingerprint density at radius 2 is 2.00 bits per heavy atom. The van der Waals surface area contributed by atoms with Crippen molar-refractivity contribution in [3.05, 3.63) is 46.3 Å². The molecule has 0 spiro atoms. The minimum Gasteiger partial charge on any atom is -0.497 e. The number of fused-ring (bicyclic) bond motifs is 1. The van der Waals surface area contributed by atoms with E-state index in [1.807, 2.05) is 18.2 Å². The van der Waals surface area contributed by atoms with Crippen molar-refractivity contribution < 1.29 is 23.8 Å². The highest BCUT2D eigenvalue weighted by atomic mass is 16.5. The van der Waals surface area contributed by atoms with E-state index >= 15 is 0 Å². The Morgan fingerprint density at radius 3 is 2.65 bits per heavy atom. The third-order valence-corrected chi connectivity index (χ3v) is 4.85. The van der Waals surface area contributed by atoms with Crippen LogP contribution in [0.25, 0.3) is 0 Å². The molecule has 1 aliphatic carbocycles. The average Bonchev–Trinajstić information content (AvgIpc) is 2.98. The Bertz CT molecular complexity index is 852. The van der Waals surface area contributed by atoms with Crippen molar-refractivity contribution in [2.75, 3.05) is 20.8 Å². The zero-order chi connectivity index (χ0) is 18.8. The second-order valence-corrected chi connectivity index (χ2v) is 6.34. The number of H-pyrrole nitrogens is 1. The molecule has 2 aromatic rings. The first-order valence-corrected chi connectivity index (χ1v) is 8.63. The number of carbonyl (C=O) groups is 2. The molecule has 0 aliphatic heterocycles. The molecule has 0 amide bonds. The van der Waals surface area contributed by atoms with Crippen LogP contribution in [0.1, 0.15) is 56.9 Å². The number of nitrogens with one attached hydrogen (secondary N) is 1. The Labute approximate surface area is 152 Å². The summed E-state index contributed by atoms with van der Waals surface area (Å²) < 4.78 is 15.9. The van der Waals surface area contributed by atoms with E-state index in [0.717, 1.165) is 17.0 Å². The smallest absolute Gasteiger partial charge is 0.355 e. The van der Waals surface area contributed by atoms with Crippen molar-refractivity contribution in [3.8, 4) is 11.5 Å². The summed E-state index contributed by atoms with van der Waals surface area (Å²) in [4.78, 5) is 28.0. The molecule has 1 atom stereocenters. The summed E-state index contributed by atoms with van der Waals surface area (Å²) in [6.45, 7) is 3.83. The van der Waals surface area contributed by atoms with E-state index in [2.05, 4.69) is 4.98 Å². The maximum atomic E-state index is 12.8. The van der Waals surface area contributed by atoms with Crippen LogP contribution in [0.3, 0.4) is 0 Å². The van der Waals surface area contributed by atoms with Gasteiger partial charge in [-0.2, -0.15) is 0 Å². The third-order valence-electron chi connectivity index (χ3n) is 4.85. The van der Waals surface area contributed by atoms with Crippen LogP contribution in [0.2, 0.25) is 0 Å². The number of hydrogen-bond donors (Lipinski definition) is 1. The number of methoxy groups -OCH3 is 2. The van der Waals surface area contributed by atoms with Gasteiger partial charge in [0.05, 0.1) is 20.8 Å². The number of rotatable bonds is 5. The lowest BCUT2D eigenvalue weighted by atomic mass is 9.81. The molecule has 1 N–H and O–H groups in total. The van der Waals surface area contributed by atoms with Crippen LogP contribution < -0.4 is 9.47 Å². The highest BCUT2D eigenvalue weighted by Gasteiger charge is 2.33. The highest BCUT2D eigenvalue weighted by Crippen LogP contribution is 2.39. The van der Waals surface area contributed by atoms with E-state index < -0.39 is 5.97 Å². The molecular weight excluding hydrogens is 334 g/mol. The number of benzene rings is 1. The first-order valence-electron chi connectivity index (χ1n) is 8.63. The van der Waals surface area contributed by atoms with E-state index in [1.165, 1.54) is 0 Å². The van der Waals surface area contributed by atoms with Crippen LogP contribution in [0.5, 0.6) is 11.5 Å². The molecule has 1 aromatic heterocycles. The first-order chi connectivity index (χ1) is 12.5. The lowest BCUT2D eigenvalue weighted by Gasteiger charge is -2.24. The van der Waals surface area contributed by atoms with Gasteiger partial charge in [0.25, 0.3) is 0 Å². The molecule has 6 nitrogen and oxygen atoms in total. The van der Waals surface area contributed by atoms with Crippen molar-refractivity contribution in [1.82, 2.24) is 4.98 Å². The minimum absolute atomic E-state index is 0.0189. The SMILES string of the molecule is CCOC(=O)c1[nH]c2c(c1C)C(=O)C[C@H](c1cc(OC)ccc1OC)C2. The molecule has 0 unspecified atom stereocenters. The molecule has 0 saturated heterocycles. The Balaban J connectivity index is 1.99. The normalized spacial score (nSPS) is 16.2. The summed E-state index contributed by atoms with van der Waals surface area (Å²) in [7, 11) is 3.22. The monoisotopic (exact) mass is 357 g/mol. The van der Waals surface area contributed by atoms with E-state index in [1.54, 1.807) is 28.1 Å². The van der Waals surface area contributed by atoms with Crippen molar-refractivity contribution in [3.63, 3.8) is 0 Å². The van der Waals surface area contributed by atoms with Crippen molar-refractivity contribution in [1.29, 1.82) is 0 Å². The number of Topliss-reactive ketones (excluding diaryl/α,β-unsaturated/α-hetero) is 1. The number of carbonyl (C=O) groups excluding carboxylic acids is 2. The van der Waals surface area contributed by atoms with Crippen LogP contribution in [0.15, 0.2) is 18.2 Å². The molecule has 1 aromatic carbocycles. The molecule has 0 saturated carbocycles. The van der Waals surface area contributed by atoms with E-state index in [0.29, 0.717) is 42.0 Å². The fourth-order valence-electron chi connectivity index (χ4n) is 3.62. The third kappa shape index (κ3) is 3.07. The number of ketones is 1. The maximum Gasteiger partial charge on any atom is 0.355 e. The van der Waals surface area contributed by atoms with Gasteiger partial charge in [-0.3, -0.25) is 4.79 Å². The predicted molar refractivity (Wildman–Crippen MR) is 96.4 cm³/mol. The van der Waals surface area contributed by atoms with Crippen molar-refractivity contribution in [2.24, 2.45) is 0 Å². The number of aromatic amines is 1. The quantitative estimate of drug-likeness (QED) is 0.830. The van der Waals surface area contributed by atoms with Gasteiger partial charge in [0.15, 0.2) is 5.78 Å². The molecule has 1 heterocycles. The van der Waals surface area contributed by atoms with Crippen molar-refractivity contribution in [2.45, 2.75) is 32.6 Å². The molecule has 6 heteroatoms. The van der Waals surface area contributed by atoms with Crippen LogP contribution in [-0.4, -0.2) is 37.6 Å². The summed E-state index contributed by atoms with van der Waals surface area (Å²) in [6.07, 6.45) is 0.975. The molecule has 0 radical (unpaired) electrons. The molecule has 138 valence electrons. The standard InChI is InChI=1S/C20H23NO5/c1-5-26-20(23)19-11(2)18-15(21-19)8-12(9-16(18)22)14-10-13(24-3)6-7-17(14)25-4/h6-7,10,12,21H,5,8-9H2,1-4H3/t12-/m1/s1. The lowest BCUT2D eigenvalue weighted by molar-refractivity contribution is 0.0519. The highest BCUT2D eigenvalue weighted by molar-refractivity contribution is 6.03. The molecule has 26 heavy (non-hydrogen) atoms.